The van der Waals surface area contributed by atoms with E-state index in [1.165, 1.54) is 16.7 Å². The zero-order chi connectivity index (χ0) is 17.6. The predicted molar refractivity (Wildman–Crippen MR) is 102 cm³/mol. The molecule has 25 heavy (non-hydrogen) atoms. The van der Waals surface area contributed by atoms with E-state index in [0.717, 1.165) is 30.8 Å². The van der Waals surface area contributed by atoms with Gasteiger partial charge in [0.2, 0.25) is 0 Å². The Hall–Kier alpha value is -2.13. The highest BCUT2D eigenvalue weighted by Gasteiger charge is 2.36. The summed E-state index contributed by atoms with van der Waals surface area (Å²) in [5.74, 6) is 1.58. The fourth-order valence-corrected chi connectivity index (χ4v) is 4.28. The number of carbonyl (C=O) groups is 1. The average Bonchev–Trinajstić information content (AvgIpc) is 2.94. The predicted octanol–water partition coefficient (Wildman–Crippen LogP) is 3.87. The van der Waals surface area contributed by atoms with E-state index in [4.69, 9.17) is 0 Å². The maximum absolute atomic E-state index is 12.6. The molecule has 0 bridgehead atoms. The van der Waals surface area contributed by atoms with Gasteiger partial charge in [-0.2, -0.15) is 0 Å². The van der Waals surface area contributed by atoms with Crippen LogP contribution in [0.2, 0.25) is 0 Å². The highest BCUT2D eigenvalue weighted by Crippen LogP contribution is 2.37. The van der Waals surface area contributed by atoms with Crippen molar-refractivity contribution < 1.29 is 4.79 Å². The van der Waals surface area contributed by atoms with Crippen molar-refractivity contribution in [2.45, 2.75) is 25.7 Å². The fraction of sp³-hybridized carbons (Fsp3) is 0.409. The molecule has 2 atom stereocenters. The van der Waals surface area contributed by atoms with Crippen LogP contribution in [0.5, 0.6) is 0 Å². The van der Waals surface area contributed by atoms with Crippen LogP contribution in [-0.4, -0.2) is 37.5 Å². The average molecular weight is 334 g/mol. The standard InChI is InChI=1S/C22H26N2O/c1-14(2)15-4-6-16(7-5-15)17-8-9-19-20(10-17)22(25)23-11-18-12-24(3)13-21(18)19/h4-10,14,18,21H,11-13H2,1-3H3,(H,23,25)/t18-,21?/m0/s1. The zero-order valence-corrected chi connectivity index (χ0v) is 15.3. The molecule has 0 aromatic heterocycles. The van der Waals surface area contributed by atoms with E-state index < -0.39 is 0 Å². The lowest BCUT2D eigenvalue weighted by molar-refractivity contribution is 0.0951. The molecule has 2 aromatic rings. The Morgan fingerprint density at radius 3 is 2.48 bits per heavy atom. The highest BCUT2D eigenvalue weighted by molar-refractivity contribution is 5.97. The van der Waals surface area contributed by atoms with Crippen LogP contribution in [0, 0.1) is 5.92 Å². The molecular weight excluding hydrogens is 308 g/mol. The summed E-state index contributed by atoms with van der Waals surface area (Å²) in [6, 6.07) is 15.1. The van der Waals surface area contributed by atoms with Crippen molar-refractivity contribution in [3.63, 3.8) is 0 Å². The first-order valence-electron chi connectivity index (χ1n) is 9.24. The number of fused-ring (bicyclic) bond motifs is 3. The van der Waals surface area contributed by atoms with Crippen LogP contribution < -0.4 is 5.32 Å². The summed E-state index contributed by atoms with van der Waals surface area (Å²) in [7, 11) is 2.17. The Morgan fingerprint density at radius 1 is 1.04 bits per heavy atom. The van der Waals surface area contributed by atoms with E-state index in [-0.39, 0.29) is 5.91 Å². The molecule has 3 heteroatoms. The van der Waals surface area contributed by atoms with E-state index in [1.807, 2.05) is 0 Å². The van der Waals surface area contributed by atoms with Gasteiger partial charge in [-0.25, -0.2) is 0 Å². The summed E-state index contributed by atoms with van der Waals surface area (Å²) in [5.41, 5.74) is 5.70. The first kappa shape index (κ1) is 16.3. The van der Waals surface area contributed by atoms with Crippen molar-refractivity contribution in [1.82, 2.24) is 10.2 Å². The Kier molecular flexibility index (Phi) is 4.12. The molecule has 2 aliphatic heterocycles. The van der Waals surface area contributed by atoms with Crippen molar-refractivity contribution in [2.24, 2.45) is 5.92 Å². The smallest absolute Gasteiger partial charge is 0.251 e. The molecule has 1 fully saturated rings. The second kappa shape index (κ2) is 6.30. The lowest BCUT2D eigenvalue weighted by Crippen LogP contribution is -2.29. The molecular formula is C22H26N2O. The summed E-state index contributed by atoms with van der Waals surface area (Å²) in [5, 5.41) is 3.13. The third kappa shape index (κ3) is 2.98. The Morgan fingerprint density at radius 2 is 1.76 bits per heavy atom. The molecule has 4 rings (SSSR count). The normalized spacial score (nSPS) is 23.1. The number of nitrogens with one attached hydrogen (secondary N) is 1. The van der Waals surface area contributed by atoms with Crippen LogP contribution >= 0.6 is 0 Å². The number of likely N-dealkylation sites (N-methyl/N-ethyl adjacent to an activating group) is 1. The molecule has 1 saturated heterocycles. The lowest BCUT2D eigenvalue weighted by atomic mass is 9.86. The highest BCUT2D eigenvalue weighted by atomic mass is 16.1. The number of benzene rings is 2. The van der Waals surface area contributed by atoms with E-state index in [2.05, 4.69) is 73.6 Å². The SMILES string of the molecule is CC(C)c1ccc(-c2ccc3c(c2)C(=O)NC[C@H]2CN(C)CC32)cc1. The zero-order valence-electron chi connectivity index (χ0n) is 15.3. The summed E-state index contributed by atoms with van der Waals surface area (Å²) >= 11 is 0. The number of hydrogen-bond donors (Lipinski definition) is 1. The molecule has 1 unspecified atom stereocenters. The molecule has 0 aliphatic carbocycles. The first-order valence-corrected chi connectivity index (χ1v) is 9.24. The molecule has 2 heterocycles. The number of hydrogen-bond acceptors (Lipinski definition) is 2. The molecule has 0 radical (unpaired) electrons. The van der Waals surface area contributed by atoms with Gasteiger partial charge in [0.25, 0.3) is 5.91 Å². The Bertz CT molecular complexity index is 794. The van der Waals surface area contributed by atoms with Gasteiger partial charge < -0.3 is 10.2 Å². The molecule has 1 amide bonds. The third-order valence-corrected chi connectivity index (χ3v) is 5.76. The number of rotatable bonds is 2. The van der Waals surface area contributed by atoms with E-state index in [0.29, 0.717) is 17.8 Å². The quantitative estimate of drug-likeness (QED) is 0.904. The van der Waals surface area contributed by atoms with Crippen molar-refractivity contribution in [2.75, 3.05) is 26.7 Å². The Labute approximate surface area is 150 Å². The first-order chi connectivity index (χ1) is 12.0. The lowest BCUT2D eigenvalue weighted by Gasteiger charge is -2.17. The van der Waals surface area contributed by atoms with Gasteiger partial charge in [-0.1, -0.05) is 50.2 Å². The van der Waals surface area contributed by atoms with Gasteiger partial charge in [0.05, 0.1) is 0 Å². The van der Waals surface area contributed by atoms with Gasteiger partial charge in [0.1, 0.15) is 0 Å². The number of nitrogens with zero attached hydrogens (tertiary/aromatic N) is 1. The Balaban J connectivity index is 1.72. The van der Waals surface area contributed by atoms with Crippen LogP contribution in [-0.2, 0) is 0 Å². The maximum atomic E-state index is 12.6. The maximum Gasteiger partial charge on any atom is 0.251 e. The molecule has 0 spiro atoms. The van der Waals surface area contributed by atoms with Crippen molar-refractivity contribution >= 4 is 5.91 Å². The molecule has 2 aliphatic rings. The number of likely N-dealkylation sites (tertiary alicyclic amines) is 1. The van der Waals surface area contributed by atoms with Gasteiger partial charge in [-0.3, -0.25) is 4.79 Å². The topological polar surface area (TPSA) is 32.3 Å². The summed E-state index contributed by atoms with van der Waals surface area (Å²) in [6.07, 6.45) is 0. The van der Waals surface area contributed by atoms with Gasteiger partial charge in [-0.15, -0.1) is 0 Å². The third-order valence-electron chi connectivity index (χ3n) is 5.76. The van der Waals surface area contributed by atoms with Crippen LogP contribution in [0.1, 0.15) is 47.2 Å². The monoisotopic (exact) mass is 334 g/mol. The minimum atomic E-state index is 0.0766. The van der Waals surface area contributed by atoms with Crippen molar-refractivity contribution in [3.05, 3.63) is 59.2 Å². The van der Waals surface area contributed by atoms with Gasteiger partial charge in [0.15, 0.2) is 0 Å². The fourth-order valence-electron chi connectivity index (χ4n) is 4.28. The second-order valence-corrected chi connectivity index (χ2v) is 7.88. The molecule has 1 N–H and O–H groups in total. The summed E-state index contributed by atoms with van der Waals surface area (Å²) in [6.45, 7) is 7.28. The van der Waals surface area contributed by atoms with Gasteiger partial charge in [0, 0.05) is 31.1 Å². The number of amides is 1. The minimum absolute atomic E-state index is 0.0766. The van der Waals surface area contributed by atoms with E-state index in [1.54, 1.807) is 0 Å². The van der Waals surface area contributed by atoms with E-state index in [9.17, 15) is 4.79 Å². The summed E-state index contributed by atoms with van der Waals surface area (Å²) < 4.78 is 0. The number of carbonyl (C=O) groups excluding carboxylic acids is 1. The van der Waals surface area contributed by atoms with Crippen LogP contribution in [0.25, 0.3) is 11.1 Å². The molecule has 2 aromatic carbocycles. The molecule has 3 nitrogen and oxygen atoms in total. The van der Waals surface area contributed by atoms with Crippen LogP contribution in [0.3, 0.4) is 0 Å². The molecule has 0 saturated carbocycles. The minimum Gasteiger partial charge on any atom is -0.352 e. The molecule has 130 valence electrons. The van der Waals surface area contributed by atoms with Crippen LogP contribution in [0.4, 0.5) is 0 Å². The van der Waals surface area contributed by atoms with Crippen molar-refractivity contribution in [1.29, 1.82) is 0 Å². The van der Waals surface area contributed by atoms with Gasteiger partial charge in [-0.05, 0) is 47.2 Å². The van der Waals surface area contributed by atoms with Crippen molar-refractivity contribution in [3.8, 4) is 11.1 Å². The van der Waals surface area contributed by atoms with Gasteiger partial charge >= 0.3 is 0 Å². The van der Waals surface area contributed by atoms with E-state index >= 15 is 0 Å². The second-order valence-electron chi connectivity index (χ2n) is 7.88. The van der Waals surface area contributed by atoms with Crippen LogP contribution in [0.15, 0.2) is 42.5 Å². The summed E-state index contributed by atoms with van der Waals surface area (Å²) in [4.78, 5) is 15.0. The largest absolute Gasteiger partial charge is 0.352 e.